The minimum absolute atomic E-state index is 0.0370. The van der Waals surface area contributed by atoms with Crippen LogP contribution in [0.4, 0.5) is 13.2 Å². The van der Waals surface area contributed by atoms with Crippen molar-refractivity contribution in [3.63, 3.8) is 0 Å². The number of pyridine rings is 1. The number of rotatable bonds is 2. The SMILES string of the molecule is Fc1cc(Br)cn2c(-c3nnc(C(F)F)o3)cnc12. The molecule has 0 fully saturated rings. The van der Waals surface area contributed by atoms with Gasteiger partial charge in [-0.15, -0.1) is 10.2 Å². The Kier molecular flexibility index (Phi) is 2.77. The molecule has 0 saturated heterocycles. The third-order valence-electron chi connectivity index (χ3n) is 2.37. The second kappa shape index (κ2) is 4.34. The van der Waals surface area contributed by atoms with E-state index in [1.165, 1.54) is 22.9 Å². The topological polar surface area (TPSA) is 56.2 Å². The van der Waals surface area contributed by atoms with Gasteiger partial charge in [-0.25, -0.2) is 9.37 Å². The lowest BCUT2D eigenvalue weighted by atomic mass is 10.4. The summed E-state index contributed by atoms with van der Waals surface area (Å²) in [5, 5.41) is 6.70. The predicted octanol–water partition coefficient (Wildman–Crippen LogP) is 3.22. The van der Waals surface area contributed by atoms with Crippen LogP contribution in [0.15, 0.2) is 27.3 Å². The molecule has 5 nitrogen and oxygen atoms in total. The van der Waals surface area contributed by atoms with Crippen LogP contribution in [0.3, 0.4) is 0 Å². The molecule has 0 bridgehead atoms. The van der Waals surface area contributed by atoms with Crippen molar-refractivity contribution in [3.05, 3.63) is 34.6 Å². The van der Waals surface area contributed by atoms with Crippen LogP contribution >= 0.6 is 15.9 Å². The Labute approximate surface area is 112 Å². The van der Waals surface area contributed by atoms with E-state index in [2.05, 4.69) is 31.1 Å². The normalized spacial score (nSPS) is 11.6. The first kappa shape index (κ1) is 12.2. The zero-order valence-corrected chi connectivity index (χ0v) is 10.6. The highest BCUT2D eigenvalue weighted by molar-refractivity contribution is 9.10. The van der Waals surface area contributed by atoms with Gasteiger partial charge in [-0.1, -0.05) is 0 Å². The molecule has 0 unspecified atom stereocenters. The van der Waals surface area contributed by atoms with E-state index in [0.29, 0.717) is 4.47 Å². The number of alkyl halides is 2. The van der Waals surface area contributed by atoms with E-state index in [0.717, 1.165) is 0 Å². The smallest absolute Gasteiger partial charge is 0.314 e. The maximum Gasteiger partial charge on any atom is 0.314 e. The maximum absolute atomic E-state index is 13.6. The van der Waals surface area contributed by atoms with Crippen LogP contribution in [0.2, 0.25) is 0 Å². The monoisotopic (exact) mass is 332 g/mol. The second-order valence-electron chi connectivity index (χ2n) is 3.59. The number of halogens is 4. The van der Waals surface area contributed by atoms with Crippen LogP contribution in [-0.2, 0) is 0 Å². The van der Waals surface area contributed by atoms with Gasteiger partial charge in [-0.3, -0.25) is 4.40 Å². The van der Waals surface area contributed by atoms with Gasteiger partial charge in [0, 0.05) is 10.7 Å². The fourth-order valence-corrected chi connectivity index (χ4v) is 2.00. The van der Waals surface area contributed by atoms with Crippen molar-refractivity contribution >= 4 is 21.6 Å². The molecule has 0 amide bonds. The molecule has 0 aliphatic rings. The molecule has 19 heavy (non-hydrogen) atoms. The van der Waals surface area contributed by atoms with Crippen molar-refractivity contribution in [2.45, 2.75) is 6.43 Å². The quantitative estimate of drug-likeness (QED) is 0.723. The molecule has 0 radical (unpaired) electrons. The highest BCUT2D eigenvalue weighted by Gasteiger charge is 2.20. The highest BCUT2D eigenvalue weighted by Crippen LogP contribution is 2.26. The second-order valence-corrected chi connectivity index (χ2v) is 4.51. The van der Waals surface area contributed by atoms with E-state index in [1.807, 2.05) is 0 Å². The highest BCUT2D eigenvalue weighted by atomic mass is 79.9. The summed E-state index contributed by atoms with van der Waals surface area (Å²) in [6.45, 7) is 0. The number of fused-ring (bicyclic) bond motifs is 1. The standard InChI is InChI=1S/C10H4BrF3N4O/c11-4-1-5(12)8-15-2-6(18(8)3-4)9-16-17-10(19-9)7(13)14/h1-3,7H. The molecular formula is C10H4BrF3N4O. The summed E-state index contributed by atoms with van der Waals surface area (Å²) in [6.07, 6.45) is -0.0652. The molecule has 0 aliphatic heterocycles. The van der Waals surface area contributed by atoms with Crippen LogP contribution in [-0.4, -0.2) is 19.6 Å². The van der Waals surface area contributed by atoms with Gasteiger partial charge in [0.1, 0.15) is 5.69 Å². The fourth-order valence-electron chi connectivity index (χ4n) is 1.60. The van der Waals surface area contributed by atoms with Gasteiger partial charge in [0.15, 0.2) is 11.5 Å². The number of hydrogen-bond donors (Lipinski definition) is 0. The van der Waals surface area contributed by atoms with Crippen molar-refractivity contribution in [1.82, 2.24) is 19.6 Å². The molecule has 0 spiro atoms. The third-order valence-corrected chi connectivity index (χ3v) is 2.81. The molecule has 3 heterocycles. The van der Waals surface area contributed by atoms with Crippen molar-refractivity contribution in [2.24, 2.45) is 0 Å². The maximum atomic E-state index is 13.6. The van der Waals surface area contributed by atoms with Gasteiger partial charge in [-0.05, 0) is 22.0 Å². The summed E-state index contributed by atoms with van der Waals surface area (Å²) >= 11 is 3.13. The summed E-state index contributed by atoms with van der Waals surface area (Å²) in [5.41, 5.74) is 0.268. The summed E-state index contributed by atoms with van der Waals surface area (Å²) in [4.78, 5) is 3.84. The third kappa shape index (κ3) is 1.99. The Bertz CT molecular complexity index is 754. The largest absolute Gasteiger partial charge is 0.414 e. The van der Waals surface area contributed by atoms with Crippen LogP contribution in [0.5, 0.6) is 0 Å². The Balaban J connectivity index is 2.19. The van der Waals surface area contributed by atoms with Gasteiger partial charge in [0.05, 0.1) is 6.20 Å². The summed E-state index contributed by atoms with van der Waals surface area (Å²) in [5.74, 6) is -1.50. The van der Waals surface area contributed by atoms with E-state index >= 15 is 0 Å². The van der Waals surface area contributed by atoms with Crippen LogP contribution in [0.25, 0.3) is 17.2 Å². The van der Waals surface area contributed by atoms with Gasteiger partial charge in [0.2, 0.25) is 0 Å². The van der Waals surface area contributed by atoms with Gasteiger partial charge in [-0.2, -0.15) is 8.78 Å². The zero-order chi connectivity index (χ0) is 13.6. The Morgan fingerprint density at radius 3 is 2.79 bits per heavy atom. The van der Waals surface area contributed by atoms with Gasteiger partial charge in [0.25, 0.3) is 11.8 Å². The Morgan fingerprint density at radius 1 is 1.32 bits per heavy atom. The Morgan fingerprint density at radius 2 is 2.11 bits per heavy atom. The average molecular weight is 333 g/mol. The van der Waals surface area contributed by atoms with E-state index in [-0.39, 0.29) is 17.2 Å². The van der Waals surface area contributed by atoms with Crippen LogP contribution in [0.1, 0.15) is 12.3 Å². The number of nitrogens with zero attached hydrogens (tertiary/aromatic N) is 4. The Hall–Kier alpha value is -1.90. The summed E-state index contributed by atoms with van der Waals surface area (Å²) in [7, 11) is 0. The lowest BCUT2D eigenvalue weighted by Crippen LogP contribution is -1.91. The summed E-state index contributed by atoms with van der Waals surface area (Å²) in [6, 6.07) is 1.24. The predicted molar refractivity (Wildman–Crippen MR) is 61.1 cm³/mol. The molecule has 0 atom stereocenters. The number of aromatic nitrogens is 4. The van der Waals surface area contributed by atoms with E-state index in [1.54, 1.807) is 0 Å². The van der Waals surface area contributed by atoms with E-state index < -0.39 is 18.1 Å². The number of hydrogen-bond acceptors (Lipinski definition) is 4. The first-order valence-corrected chi connectivity index (χ1v) is 5.79. The van der Waals surface area contributed by atoms with Crippen molar-refractivity contribution in [2.75, 3.05) is 0 Å². The van der Waals surface area contributed by atoms with E-state index in [9.17, 15) is 13.2 Å². The lowest BCUT2D eigenvalue weighted by molar-refractivity contribution is 0.116. The molecule has 3 rings (SSSR count). The molecule has 98 valence electrons. The van der Waals surface area contributed by atoms with Crippen LogP contribution < -0.4 is 0 Å². The van der Waals surface area contributed by atoms with Crippen molar-refractivity contribution < 1.29 is 17.6 Å². The first-order valence-electron chi connectivity index (χ1n) is 5.00. The minimum atomic E-state index is -2.86. The van der Waals surface area contributed by atoms with E-state index in [4.69, 9.17) is 4.42 Å². The molecule has 3 aromatic heterocycles. The average Bonchev–Trinajstić information content (AvgIpc) is 2.93. The van der Waals surface area contributed by atoms with Gasteiger partial charge >= 0.3 is 6.43 Å². The molecular weight excluding hydrogens is 329 g/mol. The van der Waals surface area contributed by atoms with Gasteiger partial charge < -0.3 is 4.42 Å². The molecule has 0 aromatic carbocycles. The lowest BCUT2D eigenvalue weighted by Gasteiger charge is -1.99. The number of imidazole rings is 1. The first-order chi connectivity index (χ1) is 9.06. The zero-order valence-electron chi connectivity index (χ0n) is 9.02. The fraction of sp³-hybridized carbons (Fsp3) is 0.100. The molecule has 0 N–H and O–H groups in total. The molecule has 0 aliphatic carbocycles. The minimum Gasteiger partial charge on any atom is -0.414 e. The molecule has 3 aromatic rings. The summed E-state index contributed by atoms with van der Waals surface area (Å²) < 4.78 is 45.0. The molecule has 0 saturated carbocycles. The van der Waals surface area contributed by atoms with Crippen molar-refractivity contribution in [3.8, 4) is 11.6 Å². The molecule has 9 heteroatoms. The van der Waals surface area contributed by atoms with Crippen LogP contribution in [0, 0.1) is 5.82 Å². The van der Waals surface area contributed by atoms with Crippen molar-refractivity contribution in [1.29, 1.82) is 0 Å².